The van der Waals surface area contributed by atoms with Crippen LogP contribution < -0.4 is 11.5 Å². The number of benzene rings is 3. The van der Waals surface area contributed by atoms with E-state index in [2.05, 4.69) is 88.6 Å². The van der Waals surface area contributed by atoms with Gasteiger partial charge in [0.1, 0.15) is 5.54 Å². The van der Waals surface area contributed by atoms with Crippen LogP contribution in [0.4, 0.5) is 0 Å². The molecule has 0 saturated heterocycles. The second-order valence-electron chi connectivity index (χ2n) is 7.49. The van der Waals surface area contributed by atoms with Gasteiger partial charge in [-0.05, 0) is 29.5 Å². The molecule has 0 unspecified atom stereocenters. The zero-order valence-electron chi connectivity index (χ0n) is 19.4. The molecule has 4 N–H and O–H groups in total. The lowest BCUT2D eigenvalue weighted by atomic mass is 9.77. The highest BCUT2D eigenvalue weighted by Gasteiger charge is 2.38. The summed E-state index contributed by atoms with van der Waals surface area (Å²) in [6.07, 6.45) is 5.72. The van der Waals surface area contributed by atoms with E-state index in [9.17, 15) is 0 Å². The first kappa shape index (κ1) is 23.8. The van der Waals surface area contributed by atoms with Gasteiger partial charge in [0.05, 0.1) is 12.0 Å². The van der Waals surface area contributed by atoms with Crippen molar-refractivity contribution >= 4 is 5.96 Å². The number of aromatic nitrogens is 2. The Hall–Kier alpha value is -3.86. The molecule has 0 radical (unpaired) electrons. The standard InChI is InChI=1S/C26H27N5.C2H6/c27-25(28)29-18-10-17-24-19-31(20-30-24)26(21-11-4-1-5-12-21,22-13-6-2-7-14-22)23-15-8-3-9-16-23;1-2/h1-9,11-16,19-20H,10,17-18H2,(H4,27,28,29);1-2H3. The predicted octanol–water partition coefficient (Wildman–Crippen LogP) is 4.96. The van der Waals surface area contributed by atoms with Crippen molar-refractivity contribution in [2.75, 3.05) is 6.54 Å². The maximum absolute atomic E-state index is 5.43. The van der Waals surface area contributed by atoms with E-state index in [1.165, 1.54) is 16.7 Å². The molecule has 5 heteroatoms. The summed E-state index contributed by atoms with van der Waals surface area (Å²) in [6, 6.07) is 31.7. The van der Waals surface area contributed by atoms with Crippen molar-refractivity contribution in [1.29, 1.82) is 0 Å². The second kappa shape index (κ2) is 11.7. The van der Waals surface area contributed by atoms with Crippen molar-refractivity contribution in [3.63, 3.8) is 0 Å². The fourth-order valence-electron chi connectivity index (χ4n) is 4.13. The molecule has 5 nitrogen and oxygen atoms in total. The average Bonchev–Trinajstić information content (AvgIpc) is 3.35. The minimum Gasteiger partial charge on any atom is -0.370 e. The van der Waals surface area contributed by atoms with Crippen molar-refractivity contribution in [3.05, 3.63) is 126 Å². The molecule has 0 spiro atoms. The number of rotatable bonds is 8. The third kappa shape index (κ3) is 5.32. The van der Waals surface area contributed by atoms with Gasteiger partial charge in [-0.15, -0.1) is 0 Å². The lowest BCUT2D eigenvalue weighted by Crippen LogP contribution is -2.36. The van der Waals surface area contributed by atoms with Gasteiger partial charge < -0.3 is 16.0 Å². The molecule has 0 atom stereocenters. The summed E-state index contributed by atoms with van der Waals surface area (Å²) in [5.74, 6) is 0.127. The van der Waals surface area contributed by atoms with Crippen LogP contribution >= 0.6 is 0 Å². The fourth-order valence-corrected chi connectivity index (χ4v) is 4.13. The Labute approximate surface area is 196 Å². The van der Waals surface area contributed by atoms with Gasteiger partial charge in [0.2, 0.25) is 0 Å². The lowest BCUT2D eigenvalue weighted by molar-refractivity contribution is 0.514. The number of hydrogen-bond acceptors (Lipinski definition) is 2. The molecule has 0 aliphatic rings. The van der Waals surface area contributed by atoms with Crippen molar-refractivity contribution in [2.24, 2.45) is 16.5 Å². The van der Waals surface area contributed by atoms with E-state index in [-0.39, 0.29) is 5.96 Å². The highest BCUT2D eigenvalue weighted by Crippen LogP contribution is 2.40. The van der Waals surface area contributed by atoms with Crippen LogP contribution in [-0.2, 0) is 12.0 Å². The van der Waals surface area contributed by atoms with Crippen LogP contribution in [0.2, 0.25) is 0 Å². The number of hydrogen-bond donors (Lipinski definition) is 2. The van der Waals surface area contributed by atoms with Gasteiger partial charge in [-0.1, -0.05) is 105 Å². The Kier molecular flexibility index (Phi) is 8.42. The van der Waals surface area contributed by atoms with Crippen LogP contribution in [0, 0.1) is 0 Å². The molecule has 0 aliphatic carbocycles. The zero-order valence-corrected chi connectivity index (χ0v) is 19.4. The maximum atomic E-state index is 5.43. The smallest absolute Gasteiger partial charge is 0.185 e. The molecule has 0 amide bonds. The van der Waals surface area contributed by atoms with Gasteiger partial charge in [-0.2, -0.15) is 0 Å². The van der Waals surface area contributed by atoms with E-state index in [0.29, 0.717) is 6.54 Å². The van der Waals surface area contributed by atoms with Crippen molar-refractivity contribution in [1.82, 2.24) is 9.55 Å². The van der Waals surface area contributed by atoms with E-state index in [0.717, 1.165) is 18.5 Å². The summed E-state index contributed by atoms with van der Waals surface area (Å²) in [7, 11) is 0. The summed E-state index contributed by atoms with van der Waals surface area (Å²) < 4.78 is 2.23. The van der Waals surface area contributed by atoms with E-state index in [4.69, 9.17) is 16.5 Å². The number of guanidine groups is 1. The molecule has 170 valence electrons. The Morgan fingerprint density at radius 1 is 0.788 bits per heavy atom. The normalized spacial score (nSPS) is 10.7. The molecule has 4 aromatic rings. The van der Waals surface area contributed by atoms with Gasteiger partial charge in [-0.3, -0.25) is 4.99 Å². The van der Waals surface area contributed by atoms with E-state index >= 15 is 0 Å². The van der Waals surface area contributed by atoms with Gasteiger partial charge in [0.25, 0.3) is 0 Å². The topological polar surface area (TPSA) is 82.2 Å². The number of nitrogens with two attached hydrogens (primary N) is 2. The summed E-state index contributed by atoms with van der Waals surface area (Å²) in [4.78, 5) is 8.80. The molecular weight excluding hydrogens is 406 g/mol. The molecule has 4 rings (SSSR count). The van der Waals surface area contributed by atoms with Crippen molar-refractivity contribution in [3.8, 4) is 0 Å². The minimum absolute atomic E-state index is 0.127. The molecule has 3 aromatic carbocycles. The SMILES string of the molecule is CC.NC(N)=NCCCc1cn(C(c2ccccc2)(c2ccccc2)c2ccccc2)cn1. The zero-order chi connectivity index (χ0) is 23.5. The van der Waals surface area contributed by atoms with Gasteiger partial charge in [-0.25, -0.2) is 4.98 Å². The molecule has 0 fully saturated rings. The molecule has 1 heterocycles. The second-order valence-corrected chi connectivity index (χ2v) is 7.49. The Bertz CT molecular complexity index is 1020. The van der Waals surface area contributed by atoms with Crippen LogP contribution in [0.15, 0.2) is 109 Å². The largest absolute Gasteiger partial charge is 0.370 e. The van der Waals surface area contributed by atoms with Crippen molar-refractivity contribution < 1.29 is 0 Å². The third-order valence-electron chi connectivity index (χ3n) is 5.48. The van der Waals surface area contributed by atoms with Crippen LogP contribution in [0.25, 0.3) is 0 Å². The summed E-state index contributed by atoms with van der Waals surface area (Å²) in [5, 5.41) is 0. The quantitative estimate of drug-likeness (QED) is 0.176. The number of imidazole rings is 1. The summed E-state index contributed by atoms with van der Waals surface area (Å²) in [6.45, 7) is 4.59. The maximum Gasteiger partial charge on any atom is 0.185 e. The molecule has 0 saturated carbocycles. The first-order chi connectivity index (χ1) is 16.2. The number of aryl methyl sites for hydroxylation is 1. The lowest BCUT2D eigenvalue weighted by Gasteiger charge is -2.37. The number of nitrogens with zero attached hydrogens (tertiary/aromatic N) is 3. The third-order valence-corrected chi connectivity index (χ3v) is 5.48. The van der Waals surface area contributed by atoms with Gasteiger partial charge >= 0.3 is 0 Å². The fraction of sp³-hybridized carbons (Fsp3) is 0.214. The van der Waals surface area contributed by atoms with Gasteiger partial charge in [0, 0.05) is 12.7 Å². The van der Waals surface area contributed by atoms with Crippen LogP contribution in [-0.4, -0.2) is 22.1 Å². The average molecular weight is 440 g/mol. The molecule has 1 aromatic heterocycles. The van der Waals surface area contributed by atoms with E-state index < -0.39 is 5.54 Å². The Morgan fingerprint density at radius 3 is 1.67 bits per heavy atom. The highest BCUT2D eigenvalue weighted by molar-refractivity contribution is 5.75. The summed E-state index contributed by atoms with van der Waals surface area (Å²) in [5.41, 5.74) is 14.9. The van der Waals surface area contributed by atoms with E-state index in [1.807, 2.05) is 38.4 Å². The van der Waals surface area contributed by atoms with E-state index in [1.54, 1.807) is 0 Å². The van der Waals surface area contributed by atoms with Crippen LogP contribution in [0.5, 0.6) is 0 Å². The molecule has 0 bridgehead atoms. The molecule has 33 heavy (non-hydrogen) atoms. The minimum atomic E-state index is -0.533. The first-order valence-corrected chi connectivity index (χ1v) is 11.5. The van der Waals surface area contributed by atoms with Gasteiger partial charge in [0.15, 0.2) is 5.96 Å². The Morgan fingerprint density at radius 2 is 1.24 bits per heavy atom. The predicted molar refractivity (Wildman–Crippen MR) is 137 cm³/mol. The first-order valence-electron chi connectivity index (χ1n) is 11.5. The number of aliphatic imine (C=N–C) groups is 1. The monoisotopic (exact) mass is 439 g/mol. The molecule has 0 aliphatic heterocycles. The Balaban J connectivity index is 0.00000149. The molecular formula is C28H33N5. The summed E-state index contributed by atoms with van der Waals surface area (Å²) >= 11 is 0. The van der Waals surface area contributed by atoms with Crippen LogP contribution in [0.3, 0.4) is 0 Å². The van der Waals surface area contributed by atoms with Crippen LogP contribution in [0.1, 0.15) is 42.7 Å². The highest BCUT2D eigenvalue weighted by atomic mass is 15.1. The van der Waals surface area contributed by atoms with Crippen molar-refractivity contribution in [2.45, 2.75) is 32.2 Å².